The van der Waals surface area contributed by atoms with Crippen molar-refractivity contribution in [3.8, 4) is 0 Å². The zero-order valence-corrected chi connectivity index (χ0v) is 14.7. The van der Waals surface area contributed by atoms with Crippen LogP contribution in [0.4, 0.5) is 0 Å². The van der Waals surface area contributed by atoms with Crippen LogP contribution in [0.25, 0.3) is 10.9 Å². The highest BCUT2D eigenvalue weighted by atomic mass is 15.2. The lowest BCUT2D eigenvalue weighted by Crippen LogP contribution is -2.51. The molecule has 4 heterocycles. The number of hydrogen-bond donors (Lipinski definition) is 1. The highest BCUT2D eigenvalue weighted by Gasteiger charge is 2.48. The lowest BCUT2D eigenvalue weighted by molar-refractivity contribution is 0.173. The second-order valence-corrected chi connectivity index (χ2v) is 6.84. The van der Waals surface area contributed by atoms with Crippen molar-refractivity contribution in [2.75, 3.05) is 13.6 Å². The van der Waals surface area contributed by atoms with E-state index in [9.17, 15) is 0 Å². The van der Waals surface area contributed by atoms with Gasteiger partial charge >= 0.3 is 0 Å². The van der Waals surface area contributed by atoms with Gasteiger partial charge in [-0.05, 0) is 49.4 Å². The normalized spacial score (nSPS) is 16.5. The predicted molar refractivity (Wildman–Crippen MR) is 103 cm³/mol. The second kappa shape index (κ2) is 5.78. The molecule has 0 aliphatic carbocycles. The topological polar surface area (TPSA) is 44.8 Å². The van der Waals surface area contributed by atoms with Crippen LogP contribution in [0.3, 0.4) is 0 Å². The Morgan fingerprint density at radius 3 is 2.19 bits per heavy atom. The van der Waals surface area contributed by atoms with Crippen LogP contribution in [0, 0.1) is 0 Å². The highest BCUT2D eigenvalue weighted by molar-refractivity contribution is 5.86. The molecule has 4 nitrogen and oxygen atoms in total. The van der Waals surface area contributed by atoms with Gasteiger partial charge in [0, 0.05) is 29.8 Å². The molecule has 4 aromatic rings. The van der Waals surface area contributed by atoms with Crippen molar-refractivity contribution in [1.29, 1.82) is 0 Å². The van der Waals surface area contributed by atoms with E-state index >= 15 is 0 Å². The number of pyridine rings is 2. The van der Waals surface area contributed by atoms with Crippen LogP contribution >= 0.6 is 0 Å². The lowest BCUT2D eigenvalue weighted by Gasteiger charge is -2.44. The number of benzene rings is 1. The SMILES string of the molecule is CN1CCc2c([nH]c3ccccc23)C1(c1ccccn1)c1ccccn1. The van der Waals surface area contributed by atoms with Crippen molar-refractivity contribution in [1.82, 2.24) is 19.9 Å². The van der Waals surface area contributed by atoms with Gasteiger partial charge in [0.05, 0.1) is 17.1 Å². The van der Waals surface area contributed by atoms with E-state index in [0.717, 1.165) is 24.4 Å². The standard InChI is InChI=1S/C22H20N4/c1-26-15-12-17-16-8-2-3-9-18(16)25-21(17)22(26,19-10-4-6-13-23-19)20-11-5-7-14-24-20/h2-11,13-14,25H,12,15H2,1H3. The molecule has 1 aromatic carbocycles. The molecule has 0 amide bonds. The Morgan fingerprint density at radius 1 is 0.885 bits per heavy atom. The summed E-state index contributed by atoms with van der Waals surface area (Å²) in [5, 5.41) is 1.30. The number of fused-ring (bicyclic) bond motifs is 3. The average Bonchev–Trinajstić information content (AvgIpc) is 3.08. The lowest BCUT2D eigenvalue weighted by atomic mass is 9.79. The van der Waals surface area contributed by atoms with Crippen LogP contribution in [-0.4, -0.2) is 33.4 Å². The molecular formula is C22H20N4. The number of H-pyrrole nitrogens is 1. The summed E-state index contributed by atoms with van der Waals surface area (Å²) in [6, 6.07) is 20.8. The van der Waals surface area contributed by atoms with Crippen LogP contribution < -0.4 is 0 Å². The average molecular weight is 340 g/mol. The maximum atomic E-state index is 4.77. The number of nitrogens with zero attached hydrogens (tertiary/aromatic N) is 3. The largest absolute Gasteiger partial charge is 0.356 e. The Bertz CT molecular complexity index is 1010. The van der Waals surface area contributed by atoms with Gasteiger partial charge in [-0.2, -0.15) is 0 Å². The first-order valence-electron chi connectivity index (χ1n) is 8.96. The van der Waals surface area contributed by atoms with Gasteiger partial charge in [0.1, 0.15) is 5.54 Å². The maximum Gasteiger partial charge on any atom is 0.146 e. The van der Waals surface area contributed by atoms with E-state index < -0.39 is 5.54 Å². The van der Waals surface area contributed by atoms with Gasteiger partial charge in [-0.15, -0.1) is 0 Å². The molecule has 0 radical (unpaired) electrons. The van der Waals surface area contributed by atoms with Gasteiger partial charge in [-0.1, -0.05) is 30.3 Å². The minimum absolute atomic E-state index is 0.519. The fourth-order valence-corrected chi connectivity index (χ4v) is 4.34. The van der Waals surface area contributed by atoms with Crippen LogP contribution in [0.2, 0.25) is 0 Å². The predicted octanol–water partition coefficient (Wildman–Crippen LogP) is 3.74. The molecule has 26 heavy (non-hydrogen) atoms. The number of nitrogens with one attached hydrogen (secondary N) is 1. The molecule has 128 valence electrons. The molecule has 4 heteroatoms. The first kappa shape index (κ1) is 15.3. The van der Waals surface area contributed by atoms with E-state index in [0.29, 0.717) is 0 Å². The zero-order valence-electron chi connectivity index (χ0n) is 14.7. The minimum Gasteiger partial charge on any atom is -0.356 e. The van der Waals surface area contributed by atoms with Crippen molar-refractivity contribution in [3.63, 3.8) is 0 Å². The third-order valence-electron chi connectivity index (χ3n) is 5.52. The molecular weight excluding hydrogens is 320 g/mol. The molecule has 0 atom stereocenters. The highest BCUT2D eigenvalue weighted by Crippen LogP contribution is 2.45. The van der Waals surface area contributed by atoms with Crippen molar-refractivity contribution in [3.05, 3.63) is 95.7 Å². The van der Waals surface area contributed by atoms with E-state index in [1.54, 1.807) is 0 Å². The number of rotatable bonds is 2. The van der Waals surface area contributed by atoms with Gasteiger partial charge < -0.3 is 4.98 Å². The number of hydrogen-bond acceptors (Lipinski definition) is 3. The minimum atomic E-state index is -0.519. The van der Waals surface area contributed by atoms with Crippen molar-refractivity contribution >= 4 is 10.9 Å². The molecule has 0 spiro atoms. The summed E-state index contributed by atoms with van der Waals surface area (Å²) in [5.74, 6) is 0. The number of para-hydroxylation sites is 1. The summed E-state index contributed by atoms with van der Waals surface area (Å²) in [7, 11) is 2.16. The monoisotopic (exact) mass is 340 g/mol. The Labute approximate surface area is 152 Å². The van der Waals surface area contributed by atoms with Crippen LogP contribution in [0.15, 0.2) is 73.1 Å². The molecule has 5 rings (SSSR count). The molecule has 1 aliphatic rings. The summed E-state index contributed by atoms with van der Waals surface area (Å²) in [4.78, 5) is 15.6. The Balaban J connectivity index is 1.91. The molecule has 1 aliphatic heterocycles. The first-order valence-corrected chi connectivity index (χ1v) is 8.96. The van der Waals surface area contributed by atoms with E-state index in [2.05, 4.69) is 65.5 Å². The first-order chi connectivity index (χ1) is 12.8. The second-order valence-electron chi connectivity index (χ2n) is 6.84. The Kier molecular flexibility index (Phi) is 3.40. The van der Waals surface area contributed by atoms with Crippen LogP contribution in [0.5, 0.6) is 0 Å². The summed E-state index contributed by atoms with van der Waals surface area (Å²) in [6.07, 6.45) is 4.74. The van der Waals surface area contributed by atoms with Gasteiger partial charge in [-0.3, -0.25) is 14.9 Å². The molecule has 0 saturated heterocycles. The van der Waals surface area contributed by atoms with Crippen LogP contribution in [-0.2, 0) is 12.0 Å². The third kappa shape index (κ3) is 1.99. The van der Waals surface area contributed by atoms with Gasteiger partial charge in [0.25, 0.3) is 0 Å². The summed E-state index contributed by atoms with van der Waals surface area (Å²) < 4.78 is 0. The zero-order chi connectivity index (χ0) is 17.6. The van der Waals surface area contributed by atoms with Gasteiger partial charge in [0.2, 0.25) is 0 Å². The smallest absolute Gasteiger partial charge is 0.146 e. The number of aromatic amines is 1. The number of likely N-dealkylation sites (N-methyl/N-ethyl adjacent to an activating group) is 1. The van der Waals surface area contributed by atoms with E-state index in [-0.39, 0.29) is 0 Å². The third-order valence-corrected chi connectivity index (χ3v) is 5.52. The molecule has 3 aromatic heterocycles. The van der Waals surface area contributed by atoms with Crippen molar-refractivity contribution in [2.24, 2.45) is 0 Å². The Hall–Kier alpha value is -2.98. The van der Waals surface area contributed by atoms with Gasteiger partial charge in [-0.25, -0.2) is 0 Å². The molecule has 0 unspecified atom stereocenters. The van der Waals surface area contributed by atoms with Crippen LogP contribution in [0.1, 0.15) is 22.6 Å². The summed E-state index contributed by atoms with van der Waals surface area (Å²) in [6.45, 7) is 0.946. The summed E-state index contributed by atoms with van der Waals surface area (Å²) >= 11 is 0. The molecule has 1 N–H and O–H groups in total. The van der Waals surface area contributed by atoms with Crippen molar-refractivity contribution in [2.45, 2.75) is 12.0 Å². The van der Waals surface area contributed by atoms with E-state index in [1.165, 1.54) is 22.2 Å². The fourth-order valence-electron chi connectivity index (χ4n) is 4.34. The molecule has 0 fully saturated rings. The van der Waals surface area contributed by atoms with E-state index in [1.807, 2.05) is 24.5 Å². The van der Waals surface area contributed by atoms with Gasteiger partial charge in [0.15, 0.2) is 0 Å². The van der Waals surface area contributed by atoms with E-state index in [4.69, 9.17) is 9.97 Å². The quantitative estimate of drug-likeness (QED) is 0.605. The summed E-state index contributed by atoms with van der Waals surface area (Å²) in [5.41, 5.74) is 5.20. The fraction of sp³-hybridized carbons (Fsp3) is 0.182. The van der Waals surface area contributed by atoms with Crippen molar-refractivity contribution < 1.29 is 0 Å². The molecule has 0 bridgehead atoms. The number of aromatic nitrogens is 3. The maximum absolute atomic E-state index is 4.77. The Morgan fingerprint density at radius 2 is 1.54 bits per heavy atom. The molecule has 0 saturated carbocycles.